The average Bonchev–Trinajstić information content (AvgIpc) is 3.11. The van der Waals surface area contributed by atoms with E-state index in [1.807, 2.05) is 19.1 Å². The molecule has 3 heterocycles. The number of pyridine rings is 1. The summed E-state index contributed by atoms with van der Waals surface area (Å²) < 4.78 is 11.2. The molecule has 0 spiro atoms. The lowest BCUT2D eigenvalue weighted by molar-refractivity contribution is 0.516. The Hall–Kier alpha value is -2.42. The van der Waals surface area contributed by atoms with E-state index >= 15 is 0 Å². The van der Waals surface area contributed by atoms with Gasteiger partial charge in [-0.3, -0.25) is 0 Å². The van der Waals surface area contributed by atoms with Gasteiger partial charge in [0, 0.05) is 18.5 Å². The van der Waals surface area contributed by atoms with Crippen LogP contribution in [-0.2, 0) is 13.0 Å². The Morgan fingerprint density at radius 2 is 2.35 bits per heavy atom. The van der Waals surface area contributed by atoms with Crippen LogP contribution in [0.15, 0.2) is 33.3 Å². The summed E-state index contributed by atoms with van der Waals surface area (Å²) in [6.45, 7) is 2.39. The summed E-state index contributed by atoms with van der Waals surface area (Å²) in [6.07, 6.45) is 7.77. The zero-order valence-electron chi connectivity index (χ0n) is 12.6. The molecule has 5 nitrogen and oxygen atoms in total. The van der Waals surface area contributed by atoms with Crippen LogP contribution in [0, 0.1) is 12.3 Å². The fourth-order valence-corrected chi connectivity index (χ4v) is 2.59. The molecule has 3 aromatic heterocycles. The van der Waals surface area contributed by atoms with Gasteiger partial charge in [-0.05, 0) is 19.1 Å². The topological polar surface area (TPSA) is 77.2 Å². The lowest BCUT2D eigenvalue weighted by Crippen LogP contribution is -2.17. The lowest BCUT2D eigenvalue weighted by atomic mass is 10.1. The Kier molecular flexibility index (Phi) is 4.28. The van der Waals surface area contributed by atoms with Crippen molar-refractivity contribution in [2.75, 3.05) is 5.32 Å². The van der Waals surface area contributed by atoms with Crippen molar-refractivity contribution in [3.8, 4) is 12.3 Å². The van der Waals surface area contributed by atoms with Gasteiger partial charge in [-0.25, -0.2) is 4.98 Å². The fraction of sp³-hybridized carbons (Fsp3) is 0.235. The standard InChI is InChI=1S/C17H16ClN3O2/c1-3-12-14(7-10(2)19)23-17-13(8-15(18)21-16(12)17)20-9-11-5-4-6-22-11/h1,4-6,8,10H,7,9,19H2,2H3,(H,20,21)/t10-/m0/s1. The van der Waals surface area contributed by atoms with Crippen molar-refractivity contribution in [3.63, 3.8) is 0 Å². The molecule has 1 atom stereocenters. The predicted octanol–water partition coefficient (Wildman–Crippen LogP) is 3.56. The molecule has 0 unspecified atom stereocenters. The summed E-state index contributed by atoms with van der Waals surface area (Å²) in [5, 5.41) is 3.57. The zero-order valence-corrected chi connectivity index (χ0v) is 13.4. The molecule has 3 rings (SSSR count). The minimum Gasteiger partial charge on any atom is -0.467 e. The number of terminal acetylenes is 1. The van der Waals surface area contributed by atoms with Crippen LogP contribution in [-0.4, -0.2) is 11.0 Å². The van der Waals surface area contributed by atoms with Crippen LogP contribution in [0.1, 0.15) is 24.0 Å². The zero-order chi connectivity index (χ0) is 16.4. The first kappa shape index (κ1) is 15.5. The second-order valence-electron chi connectivity index (χ2n) is 5.33. The van der Waals surface area contributed by atoms with Gasteiger partial charge in [0.2, 0.25) is 0 Å². The number of hydrogen-bond acceptors (Lipinski definition) is 5. The molecule has 0 saturated heterocycles. The molecule has 23 heavy (non-hydrogen) atoms. The highest BCUT2D eigenvalue weighted by molar-refractivity contribution is 6.30. The van der Waals surface area contributed by atoms with E-state index in [9.17, 15) is 0 Å². The minimum atomic E-state index is -0.0716. The first-order valence-electron chi connectivity index (χ1n) is 7.19. The third kappa shape index (κ3) is 3.19. The fourth-order valence-electron chi connectivity index (χ4n) is 2.39. The van der Waals surface area contributed by atoms with Gasteiger partial charge < -0.3 is 19.9 Å². The molecule has 0 aromatic carbocycles. The molecule has 0 aliphatic heterocycles. The lowest BCUT2D eigenvalue weighted by Gasteiger charge is -2.05. The molecular weight excluding hydrogens is 314 g/mol. The van der Waals surface area contributed by atoms with E-state index in [1.165, 1.54) is 0 Å². The van der Waals surface area contributed by atoms with Gasteiger partial charge in [0.1, 0.15) is 22.2 Å². The molecule has 0 bridgehead atoms. The van der Waals surface area contributed by atoms with Crippen molar-refractivity contribution < 1.29 is 8.83 Å². The normalized spacial score (nSPS) is 12.3. The van der Waals surface area contributed by atoms with Crippen LogP contribution >= 0.6 is 11.6 Å². The number of nitrogens with zero attached hydrogens (tertiary/aromatic N) is 1. The number of hydrogen-bond donors (Lipinski definition) is 2. The Morgan fingerprint density at radius 3 is 3.00 bits per heavy atom. The number of rotatable bonds is 5. The van der Waals surface area contributed by atoms with Crippen LogP contribution in [0.5, 0.6) is 0 Å². The van der Waals surface area contributed by atoms with E-state index in [1.54, 1.807) is 12.3 Å². The van der Waals surface area contributed by atoms with Crippen molar-refractivity contribution in [1.82, 2.24) is 4.98 Å². The number of anilines is 1. The summed E-state index contributed by atoms with van der Waals surface area (Å²) in [5.41, 5.74) is 8.31. The quantitative estimate of drug-likeness (QED) is 0.553. The van der Waals surface area contributed by atoms with Crippen LogP contribution in [0.3, 0.4) is 0 Å². The second kappa shape index (κ2) is 6.37. The first-order valence-corrected chi connectivity index (χ1v) is 7.56. The van der Waals surface area contributed by atoms with E-state index < -0.39 is 0 Å². The summed E-state index contributed by atoms with van der Waals surface area (Å²) in [7, 11) is 0. The summed E-state index contributed by atoms with van der Waals surface area (Å²) in [5.74, 6) is 4.07. The Labute approximate surface area is 138 Å². The van der Waals surface area contributed by atoms with Gasteiger partial charge in [-0.2, -0.15) is 0 Å². The van der Waals surface area contributed by atoms with Gasteiger partial charge in [-0.15, -0.1) is 6.42 Å². The number of nitrogens with two attached hydrogens (primary N) is 1. The molecule has 0 aliphatic carbocycles. The summed E-state index contributed by atoms with van der Waals surface area (Å²) >= 11 is 6.12. The smallest absolute Gasteiger partial charge is 0.177 e. The molecule has 0 aliphatic rings. The highest BCUT2D eigenvalue weighted by atomic mass is 35.5. The van der Waals surface area contributed by atoms with Crippen LogP contribution < -0.4 is 11.1 Å². The van der Waals surface area contributed by atoms with Crippen LogP contribution in [0.4, 0.5) is 5.69 Å². The van der Waals surface area contributed by atoms with Crippen molar-refractivity contribution >= 4 is 28.4 Å². The monoisotopic (exact) mass is 329 g/mol. The number of fused-ring (bicyclic) bond motifs is 1. The number of aromatic nitrogens is 1. The van der Waals surface area contributed by atoms with E-state index in [0.29, 0.717) is 46.2 Å². The molecule has 0 saturated carbocycles. The maximum Gasteiger partial charge on any atom is 0.177 e. The Bertz CT molecular complexity index is 860. The van der Waals surface area contributed by atoms with E-state index in [-0.39, 0.29) is 6.04 Å². The maximum atomic E-state index is 6.12. The molecule has 0 amide bonds. The van der Waals surface area contributed by atoms with Gasteiger partial charge >= 0.3 is 0 Å². The van der Waals surface area contributed by atoms with Crippen LogP contribution in [0.2, 0.25) is 5.15 Å². The van der Waals surface area contributed by atoms with Crippen molar-refractivity contribution in [2.24, 2.45) is 5.73 Å². The number of nitrogens with one attached hydrogen (secondary N) is 1. The van der Waals surface area contributed by atoms with Crippen molar-refractivity contribution in [3.05, 3.63) is 46.7 Å². The maximum absolute atomic E-state index is 6.12. The molecule has 3 N–H and O–H groups in total. The van der Waals surface area contributed by atoms with Crippen molar-refractivity contribution in [1.29, 1.82) is 0 Å². The van der Waals surface area contributed by atoms with Gasteiger partial charge in [-0.1, -0.05) is 17.5 Å². The second-order valence-corrected chi connectivity index (χ2v) is 5.72. The van der Waals surface area contributed by atoms with E-state index in [0.717, 1.165) is 5.76 Å². The van der Waals surface area contributed by atoms with Crippen molar-refractivity contribution in [2.45, 2.75) is 25.9 Å². The number of halogens is 1. The summed E-state index contributed by atoms with van der Waals surface area (Å²) in [6, 6.07) is 5.34. The van der Waals surface area contributed by atoms with Gasteiger partial charge in [0.25, 0.3) is 0 Å². The summed E-state index contributed by atoms with van der Waals surface area (Å²) in [4.78, 5) is 4.30. The highest BCUT2D eigenvalue weighted by Crippen LogP contribution is 2.32. The van der Waals surface area contributed by atoms with Crippen LogP contribution in [0.25, 0.3) is 11.1 Å². The van der Waals surface area contributed by atoms with Gasteiger partial charge in [0.05, 0.1) is 24.1 Å². The minimum absolute atomic E-state index is 0.0716. The third-order valence-corrected chi connectivity index (χ3v) is 3.56. The molecular formula is C17H16ClN3O2. The molecule has 0 radical (unpaired) electrons. The molecule has 118 valence electrons. The molecule has 6 heteroatoms. The average molecular weight is 330 g/mol. The van der Waals surface area contributed by atoms with Gasteiger partial charge in [0.15, 0.2) is 5.58 Å². The Morgan fingerprint density at radius 1 is 1.52 bits per heavy atom. The highest BCUT2D eigenvalue weighted by Gasteiger charge is 2.19. The third-order valence-electron chi connectivity index (χ3n) is 3.37. The molecule has 3 aromatic rings. The number of furan rings is 2. The van der Waals surface area contributed by atoms with E-state index in [2.05, 4.69) is 16.2 Å². The SMILES string of the molecule is C#Cc1c(C[C@H](C)N)oc2c(NCc3ccco3)cc(Cl)nc12. The predicted molar refractivity (Wildman–Crippen MR) is 90.3 cm³/mol. The Balaban J connectivity index is 2.03. The largest absolute Gasteiger partial charge is 0.467 e. The molecule has 0 fully saturated rings. The first-order chi connectivity index (χ1) is 11.1. The van der Waals surface area contributed by atoms with E-state index in [4.69, 9.17) is 32.6 Å².